The van der Waals surface area contributed by atoms with Gasteiger partial charge in [0, 0.05) is 11.6 Å². The van der Waals surface area contributed by atoms with Crippen molar-refractivity contribution in [1.29, 1.82) is 0 Å². The van der Waals surface area contributed by atoms with E-state index in [1.54, 1.807) is 0 Å². The molecule has 6 heteroatoms. The first-order valence-electron chi connectivity index (χ1n) is 4.39. The lowest BCUT2D eigenvalue weighted by molar-refractivity contribution is 0.140. The van der Waals surface area contributed by atoms with Gasteiger partial charge in [0.2, 0.25) is 0 Å². The second-order valence-electron chi connectivity index (χ2n) is 4.11. The van der Waals surface area contributed by atoms with E-state index in [4.69, 9.17) is 11.6 Å². The molecule has 0 bridgehead atoms. The fourth-order valence-corrected chi connectivity index (χ4v) is 1.17. The quantitative estimate of drug-likeness (QED) is 0.800. The number of hydrogen-bond donors (Lipinski definition) is 1. The van der Waals surface area contributed by atoms with Gasteiger partial charge in [-0.25, -0.2) is 18.7 Å². The van der Waals surface area contributed by atoms with Gasteiger partial charge in [-0.1, -0.05) is 11.6 Å². The van der Waals surface area contributed by atoms with E-state index in [9.17, 15) is 8.78 Å². The third-order valence-corrected chi connectivity index (χ3v) is 1.60. The number of halogens is 3. The molecule has 1 aromatic heterocycles. The van der Waals surface area contributed by atoms with Gasteiger partial charge in [0.05, 0.1) is 0 Å². The lowest BCUT2D eigenvalue weighted by Crippen LogP contribution is -2.27. The van der Waals surface area contributed by atoms with Gasteiger partial charge in [0.15, 0.2) is 5.82 Å². The average molecular weight is 236 g/mol. The zero-order chi connectivity index (χ0) is 11.6. The maximum Gasteiger partial charge on any atom is 0.297 e. The van der Waals surface area contributed by atoms with Crippen LogP contribution in [0.4, 0.5) is 14.6 Å². The molecule has 0 aliphatic heterocycles. The molecule has 15 heavy (non-hydrogen) atoms. The molecule has 84 valence electrons. The molecule has 1 heterocycles. The standard InChI is InChI=1S/C9H12ClF2N3/c1-9(2,3)15-6-4-5(10)13-8(14-6)7(11)12/h4,7H,1-3H3,(H,13,14,15). The van der Waals surface area contributed by atoms with Crippen LogP contribution in [0.3, 0.4) is 0 Å². The van der Waals surface area contributed by atoms with Gasteiger partial charge in [-0.3, -0.25) is 0 Å². The number of anilines is 1. The molecule has 0 radical (unpaired) electrons. The van der Waals surface area contributed by atoms with Gasteiger partial charge in [0.25, 0.3) is 6.43 Å². The van der Waals surface area contributed by atoms with E-state index in [0.717, 1.165) is 0 Å². The van der Waals surface area contributed by atoms with Gasteiger partial charge >= 0.3 is 0 Å². The Bertz CT molecular complexity index is 350. The van der Waals surface area contributed by atoms with Crippen LogP contribution in [-0.2, 0) is 0 Å². The minimum Gasteiger partial charge on any atom is -0.365 e. The van der Waals surface area contributed by atoms with Crippen molar-refractivity contribution in [2.75, 3.05) is 5.32 Å². The monoisotopic (exact) mass is 235 g/mol. The van der Waals surface area contributed by atoms with Crippen molar-refractivity contribution < 1.29 is 8.78 Å². The molecule has 1 rings (SSSR count). The molecule has 0 spiro atoms. The molecule has 0 amide bonds. The Hall–Kier alpha value is -0.970. The summed E-state index contributed by atoms with van der Waals surface area (Å²) >= 11 is 5.60. The van der Waals surface area contributed by atoms with E-state index in [2.05, 4.69) is 15.3 Å². The van der Waals surface area contributed by atoms with E-state index < -0.39 is 12.2 Å². The van der Waals surface area contributed by atoms with Crippen LogP contribution in [0, 0.1) is 0 Å². The topological polar surface area (TPSA) is 37.8 Å². The molecule has 0 saturated carbocycles. The zero-order valence-electron chi connectivity index (χ0n) is 8.68. The van der Waals surface area contributed by atoms with Gasteiger partial charge < -0.3 is 5.32 Å². The summed E-state index contributed by atoms with van der Waals surface area (Å²) in [6, 6.07) is 1.42. The fourth-order valence-electron chi connectivity index (χ4n) is 0.981. The summed E-state index contributed by atoms with van der Waals surface area (Å²) in [4.78, 5) is 7.09. The lowest BCUT2D eigenvalue weighted by Gasteiger charge is -2.21. The van der Waals surface area contributed by atoms with Crippen molar-refractivity contribution >= 4 is 17.4 Å². The van der Waals surface area contributed by atoms with Crippen LogP contribution < -0.4 is 5.32 Å². The first-order valence-corrected chi connectivity index (χ1v) is 4.76. The van der Waals surface area contributed by atoms with Crippen molar-refractivity contribution in [2.24, 2.45) is 0 Å². The Morgan fingerprint density at radius 1 is 1.33 bits per heavy atom. The molecule has 3 nitrogen and oxygen atoms in total. The molecule has 1 N–H and O–H groups in total. The Balaban J connectivity index is 2.99. The first kappa shape index (κ1) is 12.1. The number of rotatable bonds is 2. The van der Waals surface area contributed by atoms with Gasteiger partial charge in [-0.15, -0.1) is 0 Å². The van der Waals surface area contributed by atoms with Gasteiger partial charge in [-0.2, -0.15) is 0 Å². The molecular formula is C9H12ClF2N3. The predicted molar refractivity (Wildman–Crippen MR) is 55.4 cm³/mol. The second kappa shape index (κ2) is 4.26. The summed E-state index contributed by atoms with van der Waals surface area (Å²) < 4.78 is 24.7. The summed E-state index contributed by atoms with van der Waals surface area (Å²) in [5, 5.41) is 2.95. The fraction of sp³-hybridized carbons (Fsp3) is 0.556. The van der Waals surface area contributed by atoms with Crippen molar-refractivity contribution in [3.63, 3.8) is 0 Å². The first-order chi connectivity index (χ1) is 6.78. The van der Waals surface area contributed by atoms with Crippen molar-refractivity contribution in [2.45, 2.75) is 32.7 Å². The number of hydrogen-bond acceptors (Lipinski definition) is 3. The van der Waals surface area contributed by atoms with Gasteiger partial charge in [0.1, 0.15) is 11.0 Å². The number of alkyl halides is 2. The van der Waals surface area contributed by atoms with E-state index in [1.807, 2.05) is 20.8 Å². The second-order valence-corrected chi connectivity index (χ2v) is 4.50. The van der Waals surface area contributed by atoms with E-state index in [1.165, 1.54) is 6.07 Å². The van der Waals surface area contributed by atoms with Crippen LogP contribution in [0.2, 0.25) is 5.15 Å². The van der Waals surface area contributed by atoms with Gasteiger partial charge in [-0.05, 0) is 20.8 Å². The highest BCUT2D eigenvalue weighted by Gasteiger charge is 2.16. The van der Waals surface area contributed by atoms with Crippen LogP contribution in [0.15, 0.2) is 6.07 Å². The number of nitrogens with zero attached hydrogens (tertiary/aromatic N) is 2. The zero-order valence-corrected chi connectivity index (χ0v) is 9.44. The maximum atomic E-state index is 12.3. The van der Waals surface area contributed by atoms with E-state index in [0.29, 0.717) is 5.82 Å². The Kier molecular flexibility index (Phi) is 3.44. The van der Waals surface area contributed by atoms with Crippen LogP contribution in [-0.4, -0.2) is 15.5 Å². The minimum absolute atomic E-state index is 0.00653. The third kappa shape index (κ3) is 3.95. The smallest absolute Gasteiger partial charge is 0.297 e. The maximum absolute atomic E-state index is 12.3. The largest absolute Gasteiger partial charge is 0.365 e. The number of aromatic nitrogens is 2. The molecule has 0 aromatic carbocycles. The van der Waals surface area contributed by atoms with Crippen LogP contribution in [0.1, 0.15) is 33.0 Å². The molecule has 0 saturated heterocycles. The van der Waals surface area contributed by atoms with Crippen molar-refractivity contribution in [1.82, 2.24) is 9.97 Å². The summed E-state index contributed by atoms with van der Waals surface area (Å²) in [6.07, 6.45) is -2.72. The Morgan fingerprint density at radius 3 is 2.40 bits per heavy atom. The van der Waals surface area contributed by atoms with Crippen LogP contribution in [0.25, 0.3) is 0 Å². The Morgan fingerprint density at radius 2 is 1.93 bits per heavy atom. The Labute approximate surface area is 91.9 Å². The molecule has 0 fully saturated rings. The number of nitrogens with one attached hydrogen (secondary N) is 1. The van der Waals surface area contributed by atoms with E-state index >= 15 is 0 Å². The SMILES string of the molecule is CC(C)(C)Nc1cc(Cl)nc(C(F)F)n1. The molecule has 0 unspecified atom stereocenters. The summed E-state index contributed by atoms with van der Waals surface area (Å²) in [5.74, 6) is -0.257. The summed E-state index contributed by atoms with van der Waals surface area (Å²) in [7, 11) is 0. The highest BCUT2D eigenvalue weighted by Crippen LogP contribution is 2.21. The molecule has 1 aromatic rings. The summed E-state index contributed by atoms with van der Waals surface area (Å²) in [5.41, 5.74) is -0.267. The third-order valence-electron chi connectivity index (χ3n) is 1.41. The molecule has 0 aliphatic rings. The highest BCUT2D eigenvalue weighted by molar-refractivity contribution is 6.29. The molecule has 0 atom stereocenters. The minimum atomic E-state index is -2.72. The van der Waals surface area contributed by atoms with Crippen molar-refractivity contribution in [3.8, 4) is 0 Å². The molecule has 0 aliphatic carbocycles. The average Bonchev–Trinajstić information content (AvgIpc) is 1.99. The highest BCUT2D eigenvalue weighted by atomic mass is 35.5. The van der Waals surface area contributed by atoms with Crippen molar-refractivity contribution in [3.05, 3.63) is 17.0 Å². The van der Waals surface area contributed by atoms with Crippen LogP contribution in [0.5, 0.6) is 0 Å². The normalized spacial score (nSPS) is 11.9. The van der Waals surface area contributed by atoms with E-state index in [-0.39, 0.29) is 10.7 Å². The predicted octanol–water partition coefficient (Wildman–Crippen LogP) is 3.28. The summed E-state index contributed by atoms with van der Waals surface area (Å²) in [6.45, 7) is 5.68. The molecular weight excluding hydrogens is 224 g/mol. The lowest BCUT2D eigenvalue weighted by atomic mass is 10.1. The van der Waals surface area contributed by atoms with Crippen LogP contribution >= 0.6 is 11.6 Å².